The lowest BCUT2D eigenvalue weighted by molar-refractivity contribution is 0.829. The average molecular weight is 265 g/mol. The van der Waals surface area contributed by atoms with Gasteiger partial charge in [-0.05, 0) is 34.9 Å². The summed E-state index contributed by atoms with van der Waals surface area (Å²) in [6.07, 6.45) is 0.948. The van der Waals surface area contributed by atoms with Crippen molar-refractivity contribution in [2.24, 2.45) is 12.8 Å². The van der Waals surface area contributed by atoms with E-state index in [0.717, 1.165) is 23.3 Å². The van der Waals surface area contributed by atoms with Gasteiger partial charge in [-0.25, -0.2) is 4.98 Å². The van der Waals surface area contributed by atoms with Gasteiger partial charge >= 0.3 is 0 Å². The first kappa shape index (κ1) is 12.9. The fourth-order valence-corrected chi connectivity index (χ4v) is 2.61. The van der Waals surface area contributed by atoms with Crippen molar-refractivity contribution in [1.29, 1.82) is 0 Å². The van der Waals surface area contributed by atoms with Gasteiger partial charge in [-0.1, -0.05) is 31.2 Å². The monoisotopic (exact) mass is 265 g/mol. The molecule has 1 heterocycles. The first-order valence-electron chi connectivity index (χ1n) is 6.97. The molecule has 3 heteroatoms. The van der Waals surface area contributed by atoms with E-state index < -0.39 is 0 Å². The third-order valence-corrected chi connectivity index (χ3v) is 3.79. The molecule has 3 nitrogen and oxygen atoms in total. The Labute approximate surface area is 119 Å². The Kier molecular flexibility index (Phi) is 3.28. The van der Waals surface area contributed by atoms with Crippen molar-refractivity contribution in [1.82, 2.24) is 9.55 Å². The second-order valence-electron chi connectivity index (χ2n) is 5.05. The van der Waals surface area contributed by atoms with Crippen molar-refractivity contribution in [3.05, 3.63) is 53.9 Å². The molecule has 20 heavy (non-hydrogen) atoms. The molecule has 102 valence electrons. The molecule has 0 radical (unpaired) electrons. The van der Waals surface area contributed by atoms with Crippen LogP contribution in [0.15, 0.2) is 42.5 Å². The van der Waals surface area contributed by atoms with Crippen LogP contribution in [0.3, 0.4) is 0 Å². The van der Waals surface area contributed by atoms with E-state index in [-0.39, 0.29) is 0 Å². The first-order valence-corrected chi connectivity index (χ1v) is 6.97. The van der Waals surface area contributed by atoms with Gasteiger partial charge in [-0.3, -0.25) is 0 Å². The van der Waals surface area contributed by atoms with Gasteiger partial charge in [-0.15, -0.1) is 0 Å². The van der Waals surface area contributed by atoms with Gasteiger partial charge in [0.1, 0.15) is 5.82 Å². The largest absolute Gasteiger partial charge is 0.331 e. The van der Waals surface area contributed by atoms with Crippen LogP contribution < -0.4 is 5.73 Å². The SMILES string of the molecule is CCc1nc2ccc(-c3cccc(CN)c3)cc2n1C. The maximum Gasteiger partial charge on any atom is 0.109 e. The van der Waals surface area contributed by atoms with Gasteiger partial charge in [0.05, 0.1) is 11.0 Å². The summed E-state index contributed by atoms with van der Waals surface area (Å²) in [6.45, 7) is 2.70. The summed E-state index contributed by atoms with van der Waals surface area (Å²) < 4.78 is 2.17. The van der Waals surface area contributed by atoms with Crippen LogP contribution in [0.1, 0.15) is 18.3 Å². The highest BCUT2D eigenvalue weighted by Gasteiger charge is 2.07. The highest BCUT2D eigenvalue weighted by Crippen LogP contribution is 2.25. The summed E-state index contributed by atoms with van der Waals surface area (Å²) in [7, 11) is 2.08. The molecule has 0 aliphatic carbocycles. The molecular weight excluding hydrogens is 246 g/mol. The summed E-state index contributed by atoms with van der Waals surface area (Å²) in [5.41, 5.74) is 11.5. The molecule has 0 saturated heterocycles. The van der Waals surface area contributed by atoms with Gasteiger partial charge < -0.3 is 10.3 Å². The van der Waals surface area contributed by atoms with Crippen LogP contribution in [0.2, 0.25) is 0 Å². The summed E-state index contributed by atoms with van der Waals surface area (Å²) in [5, 5.41) is 0. The molecule has 3 aromatic rings. The van der Waals surface area contributed by atoms with Crippen molar-refractivity contribution in [3.63, 3.8) is 0 Å². The minimum absolute atomic E-state index is 0.571. The third kappa shape index (κ3) is 2.10. The van der Waals surface area contributed by atoms with Crippen molar-refractivity contribution in [3.8, 4) is 11.1 Å². The number of benzene rings is 2. The molecule has 3 rings (SSSR count). The van der Waals surface area contributed by atoms with Crippen LogP contribution in [-0.4, -0.2) is 9.55 Å². The molecule has 0 unspecified atom stereocenters. The lowest BCUT2D eigenvalue weighted by atomic mass is 10.0. The Morgan fingerprint density at radius 3 is 2.65 bits per heavy atom. The predicted octanol–water partition coefficient (Wildman–Crippen LogP) is 3.26. The molecule has 0 amide bonds. The molecule has 0 fully saturated rings. The zero-order valence-electron chi connectivity index (χ0n) is 11.9. The minimum atomic E-state index is 0.571. The molecule has 2 N–H and O–H groups in total. The second kappa shape index (κ2) is 5.10. The number of hydrogen-bond acceptors (Lipinski definition) is 2. The van der Waals surface area contributed by atoms with Crippen molar-refractivity contribution >= 4 is 11.0 Å². The van der Waals surface area contributed by atoms with E-state index in [1.807, 2.05) is 0 Å². The van der Waals surface area contributed by atoms with Gasteiger partial charge in [0.25, 0.3) is 0 Å². The second-order valence-corrected chi connectivity index (χ2v) is 5.05. The van der Waals surface area contributed by atoms with Crippen LogP contribution in [0.25, 0.3) is 22.2 Å². The highest BCUT2D eigenvalue weighted by atomic mass is 15.1. The summed E-state index contributed by atoms with van der Waals surface area (Å²) in [6, 6.07) is 14.8. The van der Waals surface area contributed by atoms with E-state index in [1.165, 1.54) is 16.6 Å². The lowest BCUT2D eigenvalue weighted by Gasteiger charge is -2.05. The third-order valence-electron chi connectivity index (χ3n) is 3.79. The van der Waals surface area contributed by atoms with E-state index in [4.69, 9.17) is 5.73 Å². The molecule has 0 spiro atoms. The standard InChI is InChI=1S/C17H19N3/c1-3-17-19-15-8-7-14(10-16(15)20(17)2)13-6-4-5-12(9-13)11-18/h4-10H,3,11,18H2,1-2H3. The Morgan fingerprint density at radius 1 is 1.10 bits per heavy atom. The minimum Gasteiger partial charge on any atom is -0.331 e. The van der Waals surface area contributed by atoms with Crippen molar-refractivity contribution in [2.45, 2.75) is 19.9 Å². The molecule has 0 saturated carbocycles. The normalized spacial score (nSPS) is 11.2. The quantitative estimate of drug-likeness (QED) is 0.790. The number of imidazole rings is 1. The summed E-state index contributed by atoms with van der Waals surface area (Å²) in [5.74, 6) is 1.12. The van der Waals surface area contributed by atoms with Crippen LogP contribution in [0.5, 0.6) is 0 Å². The Bertz CT molecular complexity index is 756. The van der Waals surface area contributed by atoms with Crippen molar-refractivity contribution in [2.75, 3.05) is 0 Å². The number of hydrogen-bond donors (Lipinski definition) is 1. The lowest BCUT2D eigenvalue weighted by Crippen LogP contribution is -1.96. The number of aromatic nitrogens is 2. The Balaban J connectivity index is 2.14. The number of aryl methyl sites for hydroxylation is 2. The predicted molar refractivity (Wildman–Crippen MR) is 83.4 cm³/mol. The molecule has 0 atom stereocenters. The number of nitrogens with zero attached hydrogens (tertiary/aromatic N) is 2. The molecule has 0 bridgehead atoms. The first-order chi connectivity index (χ1) is 9.72. The summed E-state index contributed by atoms with van der Waals surface area (Å²) >= 11 is 0. The number of nitrogens with two attached hydrogens (primary N) is 1. The fourth-order valence-electron chi connectivity index (χ4n) is 2.61. The molecule has 1 aromatic heterocycles. The zero-order chi connectivity index (χ0) is 14.1. The molecule has 0 aliphatic rings. The van der Waals surface area contributed by atoms with Crippen LogP contribution >= 0.6 is 0 Å². The number of rotatable bonds is 3. The highest BCUT2D eigenvalue weighted by molar-refractivity contribution is 5.82. The van der Waals surface area contributed by atoms with Crippen LogP contribution in [0, 0.1) is 0 Å². The van der Waals surface area contributed by atoms with Crippen LogP contribution in [0.4, 0.5) is 0 Å². The molecular formula is C17H19N3. The van der Waals surface area contributed by atoms with E-state index in [1.54, 1.807) is 0 Å². The van der Waals surface area contributed by atoms with Gasteiger partial charge in [0.2, 0.25) is 0 Å². The van der Waals surface area contributed by atoms with E-state index in [9.17, 15) is 0 Å². The number of fused-ring (bicyclic) bond motifs is 1. The summed E-state index contributed by atoms with van der Waals surface area (Å²) in [4.78, 5) is 4.64. The Hall–Kier alpha value is -2.13. The fraction of sp³-hybridized carbons (Fsp3) is 0.235. The van der Waals surface area contributed by atoms with Gasteiger partial charge in [0.15, 0.2) is 0 Å². The van der Waals surface area contributed by atoms with E-state index in [2.05, 4.69) is 66.0 Å². The molecule has 0 aliphatic heterocycles. The maximum absolute atomic E-state index is 5.72. The van der Waals surface area contributed by atoms with Gasteiger partial charge in [0, 0.05) is 20.0 Å². The van der Waals surface area contributed by atoms with Crippen molar-refractivity contribution < 1.29 is 0 Å². The van der Waals surface area contributed by atoms with Crippen LogP contribution in [-0.2, 0) is 20.0 Å². The molecule has 2 aromatic carbocycles. The van der Waals surface area contributed by atoms with E-state index in [0.29, 0.717) is 6.54 Å². The zero-order valence-corrected chi connectivity index (χ0v) is 11.9. The average Bonchev–Trinajstić information content (AvgIpc) is 2.83. The maximum atomic E-state index is 5.72. The smallest absolute Gasteiger partial charge is 0.109 e. The topological polar surface area (TPSA) is 43.8 Å². The van der Waals surface area contributed by atoms with Gasteiger partial charge in [-0.2, -0.15) is 0 Å². The Morgan fingerprint density at radius 2 is 1.90 bits per heavy atom. The van der Waals surface area contributed by atoms with E-state index >= 15 is 0 Å².